The molecule has 2 rings (SSSR count). The summed E-state index contributed by atoms with van der Waals surface area (Å²) in [6, 6.07) is 2.08. The van der Waals surface area contributed by atoms with Gasteiger partial charge < -0.3 is 4.57 Å². The van der Waals surface area contributed by atoms with Crippen LogP contribution in [0.3, 0.4) is 0 Å². The highest BCUT2D eigenvalue weighted by Crippen LogP contribution is 2.31. The van der Waals surface area contributed by atoms with E-state index in [1.165, 1.54) is 11.4 Å². The SMILES string of the molecule is CCC(C)(C)n1c(C)cc2c1CCCC2=O. The van der Waals surface area contributed by atoms with E-state index in [9.17, 15) is 4.79 Å². The first kappa shape index (κ1) is 11.4. The third-order valence-corrected chi connectivity index (χ3v) is 3.88. The van der Waals surface area contributed by atoms with Crippen molar-refractivity contribution >= 4 is 5.78 Å². The van der Waals surface area contributed by atoms with Crippen molar-refractivity contribution in [1.82, 2.24) is 4.57 Å². The van der Waals surface area contributed by atoms with Gasteiger partial charge in [0.15, 0.2) is 5.78 Å². The Balaban J connectivity index is 2.59. The van der Waals surface area contributed by atoms with Crippen molar-refractivity contribution in [1.29, 1.82) is 0 Å². The zero-order valence-electron chi connectivity index (χ0n) is 10.8. The number of Topliss-reactive ketones (excluding diaryl/α,β-unsaturated/α-hetero) is 1. The summed E-state index contributed by atoms with van der Waals surface area (Å²) in [6.45, 7) is 8.82. The lowest BCUT2D eigenvalue weighted by molar-refractivity contribution is 0.0971. The molecular formula is C14H21NO. The number of aryl methyl sites for hydroxylation is 1. The molecule has 0 spiro atoms. The van der Waals surface area contributed by atoms with Crippen molar-refractivity contribution in [3.05, 3.63) is 23.0 Å². The van der Waals surface area contributed by atoms with Gasteiger partial charge in [0.2, 0.25) is 0 Å². The number of nitrogens with zero attached hydrogens (tertiary/aromatic N) is 1. The molecule has 1 aliphatic rings. The summed E-state index contributed by atoms with van der Waals surface area (Å²) in [5.74, 6) is 0.329. The normalized spacial score (nSPS) is 16.4. The number of hydrogen-bond acceptors (Lipinski definition) is 1. The number of aromatic nitrogens is 1. The number of carbonyl (C=O) groups is 1. The third kappa shape index (κ3) is 1.60. The molecule has 2 heteroatoms. The van der Waals surface area contributed by atoms with Crippen LogP contribution in [0.5, 0.6) is 0 Å². The fourth-order valence-corrected chi connectivity index (χ4v) is 2.73. The van der Waals surface area contributed by atoms with Gasteiger partial charge in [-0.05, 0) is 46.1 Å². The molecule has 0 aromatic carbocycles. The second-order valence-corrected chi connectivity index (χ2v) is 5.42. The van der Waals surface area contributed by atoms with E-state index in [1.54, 1.807) is 0 Å². The molecule has 0 aliphatic heterocycles. The van der Waals surface area contributed by atoms with Crippen LogP contribution in [0.4, 0.5) is 0 Å². The van der Waals surface area contributed by atoms with Crippen molar-refractivity contribution in [3.8, 4) is 0 Å². The van der Waals surface area contributed by atoms with Gasteiger partial charge in [-0.15, -0.1) is 0 Å². The molecule has 1 heterocycles. The van der Waals surface area contributed by atoms with Crippen LogP contribution in [-0.2, 0) is 12.0 Å². The summed E-state index contributed by atoms with van der Waals surface area (Å²) in [6.07, 6.45) is 3.87. The van der Waals surface area contributed by atoms with Gasteiger partial charge in [0, 0.05) is 28.9 Å². The van der Waals surface area contributed by atoms with Gasteiger partial charge in [0.1, 0.15) is 0 Å². The van der Waals surface area contributed by atoms with E-state index in [0.717, 1.165) is 31.2 Å². The van der Waals surface area contributed by atoms with E-state index in [0.29, 0.717) is 5.78 Å². The van der Waals surface area contributed by atoms with Crippen LogP contribution < -0.4 is 0 Å². The largest absolute Gasteiger partial charge is 0.343 e. The zero-order chi connectivity index (χ0) is 11.9. The summed E-state index contributed by atoms with van der Waals surface area (Å²) >= 11 is 0. The third-order valence-electron chi connectivity index (χ3n) is 3.88. The molecule has 0 saturated heterocycles. The van der Waals surface area contributed by atoms with Crippen LogP contribution in [-0.4, -0.2) is 10.4 Å². The molecule has 1 aromatic rings. The zero-order valence-corrected chi connectivity index (χ0v) is 10.8. The minimum atomic E-state index is 0.120. The van der Waals surface area contributed by atoms with Gasteiger partial charge >= 0.3 is 0 Å². The topological polar surface area (TPSA) is 22.0 Å². The molecule has 0 amide bonds. The van der Waals surface area contributed by atoms with Gasteiger partial charge in [-0.25, -0.2) is 0 Å². The average molecular weight is 219 g/mol. The number of fused-ring (bicyclic) bond motifs is 1. The minimum absolute atomic E-state index is 0.120. The number of hydrogen-bond donors (Lipinski definition) is 0. The lowest BCUT2D eigenvalue weighted by Gasteiger charge is -2.31. The lowest BCUT2D eigenvalue weighted by atomic mass is 9.94. The number of rotatable bonds is 2. The predicted octanol–water partition coefficient (Wildman–Crippen LogP) is 3.46. The Bertz CT molecular complexity index is 426. The summed E-state index contributed by atoms with van der Waals surface area (Å²) in [5.41, 5.74) is 3.59. The van der Waals surface area contributed by atoms with Gasteiger partial charge in [-0.3, -0.25) is 4.79 Å². The summed E-state index contributed by atoms with van der Waals surface area (Å²) in [4.78, 5) is 11.9. The monoisotopic (exact) mass is 219 g/mol. The number of ketones is 1. The fraction of sp³-hybridized carbons (Fsp3) is 0.643. The van der Waals surface area contributed by atoms with E-state index < -0.39 is 0 Å². The molecule has 0 bridgehead atoms. The van der Waals surface area contributed by atoms with Crippen LogP contribution >= 0.6 is 0 Å². The van der Waals surface area contributed by atoms with Crippen LogP contribution in [0.1, 0.15) is 61.8 Å². The first-order valence-electron chi connectivity index (χ1n) is 6.22. The van der Waals surface area contributed by atoms with Gasteiger partial charge in [-0.2, -0.15) is 0 Å². The fourth-order valence-electron chi connectivity index (χ4n) is 2.73. The van der Waals surface area contributed by atoms with Crippen molar-refractivity contribution in [2.75, 3.05) is 0 Å². The predicted molar refractivity (Wildman–Crippen MR) is 66.1 cm³/mol. The van der Waals surface area contributed by atoms with E-state index in [1.807, 2.05) is 0 Å². The molecule has 88 valence electrons. The second-order valence-electron chi connectivity index (χ2n) is 5.42. The highest BCUT2D eigenvalue weighted by Gasteiger charge is 2.28. The molecule has 2 nitrogen and oxygen atoms in total. The van der Waals surface area contributed by atoms with Gasteiger partial charge in [0.05, 0.1) is 0 Å². The maximum absolute atomic E-state index is 11.9. The smallest absolute Gasteiger partial charge is 0.164 e. The molecule has 0 N–H and O–H groups in total. The molecule has 16 heavy (non-hydrogen) atoms. The Morgan fingerprint density at radius 3 is 2.69 bits per heavy atom. The maximum atomic E-state index is 11.9. The maximum Gasteiger partial charge on any atom is 0.164 e. The highest BCUT2D eigenvalue weighted by atomic mass is 16.1. The minimum Gasteiger partial charge on any atom is -0.343 e. The van der Waals surface area contributed by atoms with E-state index in [-0.39, 0.29) is 5.54 Å². The number of carbonyl (C=O) groups excluding carboxylic acids is 1. The quantitative estimate of drug-likeness (QED) is 0.746. The highest BCUT2D eigenvalue weighted by molar-refractivity contribution is 5.98. The Morgan fingerprint density at radius 2 is 2.06 bits per heavy atom. The van der Waals surface area contributed by atoms with Crippen molar-refractivity contribution in [2.45, 2.75) is 58.9 Å². The first-order chi connectivity index (χ1) is 7.47. The molecule has 0 radical (unpaired) electrons. The molecular weight excluding hydrogens is 198 g/mol. The molecule has 0 saturated carbocycles. The van der Waals surface area contributed by atoms with Crippen molar-refractivity contribution in [2.24, 2.45) is 0 Å². The van der Waals surface area contributed by atoms with E-state index in [4.69, 9.17) is 0 Å². The Hall–Kier alpha value is -1.05. The average Bonchev–Trinajstić information content (AvgIpc) is 2.57. The van der Waals surface area contributed by atoms with E-state index >= 15 is 0 Å². The molecule has 0 fully saturated rings. The first-order valence-corrected chi connectivity index (χ1v) is 6.22. The Kier molecular flexibility index (Phi) is 2.69. The van der Waals surface area contributed by atoms with Crippen molar-refractivity contribution in [3.63, 3.8) is 0 Å². The van der Waals surface area contributed by atoms with Gasteiger partial charge in [0.25, 0.3) is 0 Å². The van der Waals surface area contributed by atoms with Crippen LogP contribution in [0, 0.1) is 6.92 Å². The molecule has 0 atom stereocenters. The van der Waals surface area contributed by atoms with Crippen molar-refractivity contribution < 1.29 is 4.79 Å². The van der Waals surface area contributed by atoms with E-state index in [2.05, 4.69) is 38.3 Å². The van der Waals surface area contributed by atoms with Gasteiger partial charge in [-0.1, -0.05) is 6.92 Å². The molecule has 1 aliphatic carbocycles. The summed E-state index contributed by atoms with van der Waals surface area (Å²) in [5, 5.41) is 0. The molecule has 0 unspecified atom stereocenters. The second kappa shape index (κ2) is 3.76. The summed E-state index contributed by atoms with van der Waals surface area (Å²) in [7, 11) is 0. The molecule has 1 aromatic heterocycles. The lowest BCUT2D eigenvalue weighted by Crippen LogP contribution is -2.29. The van der Waals surface area contributed by atoms with Crippen LogP contribution in [0.2, 0.25) is 0 Å². The Morgan fingerprint density at radius 1 is 1.38 bits per heavy atom. The summed E-state index contributed by atoms with van der Waals surface area (Å²) < 4.78 is 2.37. The Labute approximate surface area is 97.7 Å². The van der Waals surface area contributed by atoms with Crippen LogP contribution in [0.15, 0.2) is 6.07 Å². The standard InChI is InChI=1S/C14H21NO/c1-5-14(3,4)15-10(2)9-11-12(15)7-6-8-13(11)16/h9H,5-8H2,1-4H3. The van der Waals surface area contributed by atoms with Crippen LogP contribution in [0.25, 0.3) is 0 Å².